The minimum Gasteiger partial charge on any atom is -0.485 e. The second-order valence-electron chi connectivity index (χ2n) is 8.93. The lowest BCUT2D eigenvalue weighted by Gasteiger charge is -2.11. The van der Waals surface area contributed by atoms with Gasteiger partial charge < -0.3 is 10.1 Å². The van der Waals surface area contributed by atoms with Gasteiger partial charge in [-0.2, -0.15) is 5.26 Å². The highest BCUT2D eigenvalue weighted by Gasteiger charge is 2.21. The first-order valence-electron chi connectivity index (χ1n) is 12.2. The first-order chi connectivity index (χ1) is 17.5. The normalized spacial score (nSPS) is 13.2. The summed E-state index contributed by atoms with van der Waals surface area (Å²) in [6.07, 6.45) is 8.32. The number of hydrogen-bond acceptors (Lipinski definition) is 7. The third-order valence-corrected chi connectivity index (χ3v) is 8.35. The molecule has 0 bridgehead atoms. The summed E-state index contributed by atoms with van der Waals surface area (Å²) in [5.41, 5.74) is 3.95. The summed E-state index contributed by atoms with van der Waals surface area (Å²) < 4.78 is 7.93. The topological polar surface area (TPSA) is 92.8 Å². The fourth-order valence-corrected chi connectivity index (χ4v) is 6.29. The summed E-state index contributed by atoms with van der Waals surface area (Å²) in [7, 11) is 0. The van der Waals surface area contributed by atoms with E-state index in [1.54, 1.807) is 17.4 Å². The van der Waals surface area contributed by atoms with Gasteiger partial charge in [0.25, 0.3) is 0 Å². The standard InChI is InChI=1S/C27H31N5O2S2/c1-4-13-32-24(16-34-22-14-18(2)11-12-19(22)3)30-31-27(32)35-17-25(33)29-26-21(15-28)20-9-7-5-6-8-10-23(20)36-26/h4,11-12,14H,1,5-10,13,16-17H2,2-3H3,(H,29,33). The van der Waals surface area contributed by atoms with Gasteiger partial charge in [0.1, 0.15) is 23.4 Å². The number of aromatic nitrogens is 3. The van der Waals surface area contributed by atoms with Crippen LogP contribution in [0.1, 0.15) is 58.6 Å². The van der Waals surface area contributed by atoms with E-state index in [4.69, 9.17) is 4.74 Å². The molecule has 0 unspecified atom stereocenters. The van der Waals surface area contributed by atoms with Crippen LogP contribution >= 0.6 is 23.1 Å². The van der Waals surface area contributed by atoms with E-state index in [2.05, 4.69) is 34.2 Å². The van der Waals surface area contributed by atoms with E-state index in [1.807, 2.05) is 30.5 Å². The van der Waals surface area contributed by atoms with E-state index < -0.39 is 0 Å². The number of rotatable bonds is 9. The molecule has 0 saturated carbocycles. The average Bonchev–Trinajstić information content (AvgIpc) is 3.38. The van der Waals surface area contributed by atoms with Gasteiger partial charge in [-0.25, -0.2) is 0 Å². The zero-order chi connectivity index (χ0) is 25.5. The van der Waals surface area contributed by atoms with Gasteiger partial charge in [-0.3, -0.25) is 9.36 Å². The molecule has 0 radical (unpaired) electrons. The van der Waals surface area contributed by atoms with Crippen molar-refractivity contribution in [1.29, 1.82) is 5.26 Å². The number of benzene rings is 1. The van der Waals surface area contributed by atoms with Crippen LogP contribution in [0.4, 0.5) is 5.00 Å². The molecule has 0 atom stereocenters. The fraction of sp³-hybridized carbons (Fsp3) is 0.407. The van der Waals surface area contributed by atoms with Crippen LogP contribution in [0.2, 0.25) is 0 Å². The molecule has 7 nitrogen and oxygen atoms in total. The molecule has 0 spiro atoms. The lowest BCUT2D eigenvalue weighted by atomic mass is 9.97. The Hall–Kier alpha value is -3.09. The minimum absolute atomic E-state index is 0.160. The highest BCUT2D eigenvalue weighted by atomic mass is 32.2. The monoisotopic (exact) mass is 521 g/mol. The molecule has 36 heavy (non-hydrogen) atoms. The second-order valence-corrected chi connectivity index (χ2v) is 11.0. The number of amides is 1. The summed E-state index contributed by atoms with van der Waals surface area (Å²) in [5.74, 6) is 1.49. The lowest BCUT2D eigenvalue weighted by molar-refractivity contribution is -0.113. The molecule has 0 fully saturated rings. The number of nitrogens with zero attached hydrogens (tertiary/aromatic N) is 4. The van der Waals surface area contributed by atoms with E-state index >= 15 is 0 Å². The van der Waals surface area contributed by atoms with Gasteiger partial charge in [-0.05, 0) is 62.3 Å². The Morgan fingerprint density at radius 3 is 2.86 bits per heavy atom. The number of anilines is 1. The van der Waals surface area contributed by atoms with Gasteiger partial charge in [0.2, 0.25) is 5.91 Å². The summed E-state index contributed by atoms with van der Waals surface area (Å²) >= 11 is 2.87. The van der Waals surface area contributed by atoms with E-state index in [0.717, 1.165) is 48.1 Å². The van der Waals surface area contributed by atoms with Crippen LogP contribution in [0.25, 0.3) is 0 Å². The smallest absolute Gasteiger partial charge is 0.235 e. The number of thiophene rings is 1. The van der Waals surface area contributed by atoms with Crippen molar-refractivity contribution >= 4 is 34.0 Å². The second kappa shape index (κ2) is 12.2. The summed E-state index contributed by atoms with van der Waals surface area (Å²) in [6.45, 7) is 8.66. The number of thioether (sulfide) groups is 1. The van der Waals surface area contributed by atoms with Gasteiger partial charge in [0.05, 0.1) is 11.3 Å². The molecule has 4 rings (SSSR count). The predicted octanol–water partition coefficient (Wildman–Crippen LogP) is 5.98. The van der Waals surface area contributed by atoms with E-state index in [1.165, 1.54) is 29.5 Å². The van der Waals surface area contributed by atoms with Gasteiger partial charge in [0, 0.05) is 11.4 Å². The average molecular weight is 522 g/mol. The zero-order valence-corrected chi connectivity index (χ0v) is 22.4. The van der Waals surface area contributed by atoms with Crippen LogP contribution in [0.3, 0.4) is 0 Å². The van der Waals surface area contributed by atoms with Crippen LogP contribution in [0, 0.1) is 25.2 Å². The molecule has 0 saturated heterocycles. The van der Waals surface area contributed by atoms with Crippen molar-refractivity contribution in [2.75, 3.05) is 11.1 Å². The number of nitrogens with one attached hydrogen (secondary N) is 1. The third-order valence-electron chi connectivity index (χ3n) is 6.17. The molecular weight excluding hydrogens is 490 g/mol. The maximum Gasteiger partial charge on any atom is 0.235 e. The summed E-state index contributed by atoms with van der Waals surface area (Å²) in [5, 5.41) is 22.6. The number of fused-ring (bicyclic) bond motifs is 1. The molecule has 2 heterocycles. The Morgan fingerprint density at radius 1 is 1.28 bits per heavy atom. The molecule has 9 heteroatoms. The maximum absolute atomic E-state index is 12.8. The van der Waals surface area contributed by atoms with E-state index in [0.29, 0.717) is 28.1 Å². The first kappa shape index (κ1) is 26.0. The van der Waals surface area contributed by atoms with Gasteiger partial charge in [-0.1, -0.05) is 42.8 Å². The van der Waals surface area contributed by atoms with Crippen molar-refractivity contribution in [2.45, 2.75) is 70.7 Å². The van der Waals surface area contributed by atoms with Crippen LogP contribution in [-0.4, -0.2) is 26.4 Å². The number of carbonyl (C=O) groups is 1. The third kappa shape index (κ3) is 6.18. The van der Waals surface area contributed by atoms with Crippen LogP contribution in [0.15, 0.2) is 36.0 Å². The number of aryl methyl sites for hydroxylation is 3. The maximum atomic E-state index is 12.8. The molecule has 1 aromatic carbocycles. The van der Waals surface area contributed by atoms with Gasteiger partial charge in [0.15, 0.2) is 11.0 Å². The highest BCUT2D eigenvalue weighted by molar-refractivity contribution is 7.99. The number of allylic oxidation sites excluding steroid dienone is 1. The quantitative estimate of drug-likeness (QED) is 0.275. The Morgan fingerprint density at radius 2 is 2.08 bits per heavy atom. The van der Waals surface area contributed by atoms with Crippen molar-refractivity contribution in [1.82, 2.24) is 14.8 Å². The number of hydrogen-bond donors (Lipinski definition) is 1. The Bertz CT molecular complexity index is 1290. The molecule has 3 aromatic rings. The van der Waals surface area contributed by atoms with Crippen molar-refractivity contribution in [2.24, 2.45) is 0 Å². The minimum atomic E-state index is -0.160. The number of ether oxygens (including phenoxy) is 1. The fourth-order valence-electron chi connectivity index (χ4n) is 4.27. The predicted molar refractivity (Wildman–Crippen MR) is 145 cm³/mol. The van der Waals surface area contributed by atoms with E-state index in [9.17, 15) is 10.1 Å². The highest BCUT2D eigenvalue weighted by Crippen LogP contribution is 2.36. The SMILES string of the molecule is C=CCn1c(COc2cc(C)ccc2C)nnc1SCC(=O)Nc1sc2c(c1C#N)CCCCCC2. The van der Waals surface area contributed by atoms with Crippen molar-refractivity contribution in [3.63, 3.8) is 0 Å². The molecule has 1 aliphatic carbocycles. The van der Waals surface area contributed by atoms with Crippen LogP contribution < -0.4 is 10.1 Å². The Labute approximate surface area is 220 Å². The molecule has 188 valence electrons. The Kier molecular flexibility index (Phi) is 8.83. The van der Waals surface area contributed by atoms with Crippen molar-refractivity contribution < 1.29 is 9.53 Å². The van der Waals surface area contributed by atoms with Gasteiger partial charge in [-0.15, -0.1) is 28.1 Å². The molecule has 1 N–H and O–H groups in total. The zero-order valence-electron chi connectivity index (χ0n) is 20.8. The number of carbonyl (C=O) groups excluding carboxylic acids is 1. The Balaban J connectivity index is 1.41. The summed E-state index contributed by atoms with van der Waals surface area (Å²) in [6, 6.07) is 8.42. The summed E-state index contributed by atoms with van der Waals surface area (Å²) in [4.78, 5) is 14.1. The molecule has 2 aromatic heterocycles. The number of nitriles is 1. The van der Waals surface area contributed by atoms with Crippen LogP contribution in [-0.2, 0) is 30.8 Å². The largest absolute Gasteiger partial charge is 0.485 e. The molecule has 0 aliphatic heterocycles. The molecule has 1 amide bonds. The van der Waals surface area contributed by atoms with Crippen LogP contribution in [0.5, 0.6) is 5.75 Å². The first-order valence-corrected chi connectivity index (χ1v) is 14.0. The lowest BCUT2D eigenvalue weighted by Crippen LogP contribution is -2.15. The van der Waals surface area contributed by atoms with E-state index in [-0.39, 0.29) is 18.3 Å². The molecule has 1 aliphatic rings. The molecular formula is C27H31N5O2S2. The van der Waals surface area contributed by atoms with Crippen molar-refractivity contribution in [3.8, 4) is 11.8 Å². The van der Waals surface area contributed by atoms with Gasteiger partial charge >= 0.3 is 0 Å². The van der Waals surface area contributed by atoms with Crippen molar-refractivity contribution in [3.05, 3.63) is 63.8 Å².